The standard InChI is InChI=1S/C24H36N4O3/c1-17(2)22(29)26-20-12-7-13-21(15-20)27-24(31)28-14-8-9-18(16-28)23(30)25-19-10-5-3-4-6-11-19/h7,12-13,15,17-19H,3-6,8-11,14,16H2,1-2H3,(H,25,30)(H,26,29)(H,27,31). The Bertz CT molecular complexity index is 772. The Kier molecular flexibility index (Phi) is 8.32. The molecule has 0 aromatic heterocycles. The number of amides is 4. The van der Waals surface area contributed by atoms with E-state index in [4.69, 9.17) is 0 Å². The number of urea groups is 1. The maximum atomic E-state index is 12.8. The number of hydrogen-bond acceptors (Lipinski definition) is 3. The fraction of sp³-hybridized carbons (Fsp3) is 0.625. The Morgan fingerprint density at radius 1 is 0.935 bits per heavy atom. The van der Waals surface area contributed by atoms with Gasteiger partial charge in [0.05, 0.1) is 5.92 Å². The van der Waals surface area contributed by atoms with Gasteiger partial charge in [-0.3, -0.25) is 9.59 Å². The predicted octanol–water partition coefficient (Wildman–Crippen LogP) is 4.36. The van der Waals surface area contributed by atoms with Crippen LogP contribution in [0.1, 0.15) is 65.2 Å². The first-order valence-corrected chi connectivity index (χ1v) is 11.7. The summed E-state index contributed by atoms with van der Waals surface area (Å²) in [5.74, 6) is -0.253. The summed E-state index contributed by atoms with van der Waals surface area (Å²) < 4.78 is 0. The molecule has 1 aliphatic heterocycles. The first kappa shape index (κ1) is 23.1. The molecule has 3 N–H and O–H groups in total. The summed E-state index contributed by atoms with van der Waals surface area (Å²) in [6.07, 6.45) is 8.64. The molecule has 31 heavy (non-hydrogen) atoms. The summed E-state index contributed by atoms with van der Waals surface area (Å²) in [5, 5.41) is 8.99. The van der Waals surface area contributed by atoms with Crippen molar-refractivity contribution in [3.63, 3.8) is 0 Å². The quantitative estimate of drug-likeness (QED) is 0.609. The van der Waals surface area contributed by atoms with E-state index in [1.807, 2.05) is 13.8 Å². The van der Waals surface area contributed by atoms with Gasteiger partial charge in [-0.05, 0) is 43.9 Å². The summed E-state index contributed by atoms with van der Waals surface area (Å²) >= 11 is 0. The Hall–Kier alpha value is -2.57. The maximum absolute atomic E-state index is 12.8. The smallest absolute Gasteiger partial charge is 0.321 e. The van der Waals surface area contributed by atoms with Crippen LogP contribution in [-0.4, -0.2) is 41.9 Å². The summed E-state index contributed by atoms with van der Waals surface area (Å²) in [7, 11) is 0. The van der Waals surface area contributed by atoms with Crippen LogP contribution in [-0.2, 0) is 9.59 Å². The zero-order valence-electron chi connectivity index (χ0n) is 18.8. The topological polar surface area (TPSA) is 90.5 Å². The first-order chi connectivity index (χ1) is 14.9. The second-order valence-corrected chi connectivity index (χ2v) is 9.14. The number of nitrogens with zero attached hydrogens (tertiary/aromatic N) is 1. The van der Waals surface area contributed by atoms with Gasteiger partial charge in [0.2, 0.25) is 11.8 Å². The SMILES string of the molecule is CC(C)C(=O)Nc1cccc(NC(=O)N2CCCC(C(=O)NC3CCCCCC3)C2)c1. The number of carbonyl (C=O) groups excluding carboxylic acids is 3. The van der Waals surface area contributed by atoms with Gasteiger partial charge in [-0.1, -0.05) is 45.6 Å². The molecule has 2 aliphatic rings. The van der Waals surface area contributed by atoms with Crippen molar-refractivity contribution in [3.05, 3.63) is 24.3 Å². The average Bonchev–Trinajstić information content (AvgIpc) is 3.02. The van der Waals surface area contributed by atoms with E-state index in [-0.39, 0.29) is 35.7 Å². The summed E-state index contributed by atoms with van der Waals surface area (Å²) in [4.78, 5) is 39.2. The van der Waals surface area contributed by atoms with E-state index in [0.29, 0.717) is 24.5 Å². The maximum Gasteiger partial charge on any atom is 0.321 e. The van der Waals surface area contributed by atoms with Crippen LogP contribution < -0.4 is 16.0 Å². The normalized spacial score (nSPS) is 20.1. The summed E-state index contributed by atoms with van der Waals surface area (Å²) in [6.45, 7) is 4.75. The third kappa shape index (κ3) is 6.97. The van der Waals surface area contributed by atoms with Gasteiger partial charge < -0.3 is 20.9 Å². The number of rotatable bonds is 5. The van der Waals surface area contributed by atoms with E-state index in [1.165, 1.54) is 25.7 Å². The highest BCUT2D eigenvalue weighted by molar-refractivity contribution is 5.94. The number of anilines is 2. The minimum absolute atomic E-state index is 0.0676. The van der Waals surface area contributed by atoms with Gasteiger partial charge in [-0.25, -0.2) is 4.79 Å². The Morgan fingerprint density at radius 2 is 1.61 bits per heavy atom. The molecule has 1 unspecified atom stereocenters. The zero-order valence-corrected chi connectivity index (χ0v) is 18.8. The van der Waals surface area contributed by atoms with Crippen molar-refractivity contribution >= 4 is 29.2 Å². The third-order valence-corrected chi connectivity index (χ3v) is 6.19. The molecule has 1 saturated heterocycles. The fourth-order valence-corrected chi connectivity index (χ4v) is 4.28. The van der Waals surface area contributed by atoms with E-state index < -0.39 is 0 Å². The van der Waals surface area contributed by atoms with Gasteiger partial charge in [0, 0.05) is 36.4 Å². The van der Waals surface area contributed by atoms with Crippen molar-refractivity contribution < 1.29 is 14.4 Å². The molecule has 4 amide bonds. The minimum Gasteiger partial charge on any atom is -0.353 e. The highest BCUT2D eigenvalue weighted by atomic mass is 16.2. The van der Waals surface area contributed by atoms with Crippen molar-refractivity contribution in [3.8, 4) is 0 Å². The Labute approximate surface area is 185 Å². The lowest BCUT2D eigenvalue weighted by Gasteiger charge is -2.33. The van der Waals surface area contributed by atoms with Crippen molar-refractivity contribution in [2.75, 3.05) is 23.7 Å². The monoisotopic (exact) mass is 428 g/mol. The number of piperidine rings is 1. The van der Waals surface area contributed by atoms with Gasteiger partial charge in [0.1, 0.15) is 0 Å². The van der Waals surface area contributed by atoms with Gasteiger partial charge in [0.15, 0.2) is 0 Å². The van der Waals surface area contributed by atoms with Gasteiger partial charge in [-0.2, -0.15) is 0 Å². The number of hydrogen-bond donors (Lipinski definition) is 3. The molecule has 7 heteroatoms. The molecule has 1 aromatic carbocycles. The van der Waals surface area contributed by atoms with Crippen LogP contribution in [0, 0.1) is 11.8 Å². The van der Waals surface area contributed by atoms with Crippen molar-refractivity contribution in [2.45, 2.75) is 71.3 Å². The van der Waals surface area contributed by atoms with E-state index in [1.54, 1.807) is 29.2 Å². The Balaban J connectivity index is 1.53. The van der Waals surface area contributed by atoms with E-state index >= 15 is 0 Å². The molecule has 0 bridgehead atoms. The van der Waals surface area contributed by atoms with Crippen molar-refractivity contribution in [2.24, 2.45) is 11.8 Å². The molecular weight excluding hydrogens is 392 g/mol. The lowest BCUT2D eigenvalue weighted by molar-refractivity contribution is -0.127. The van der Waals surface area contributed by atoms with Crippen LogP contribution in [0.25, 0.3) is 0 Å². The van der Waals surface area contributed by atoms with E-state index in [0.717, 1.165) is 25.7 Å². The summed E-state index contributed by atoms with van der Waals surface area (Å²) in [6, 6.07) is 7.21. The Morgan fingerprint density at radius 3 is 2.29 bits per heavy atom. The lowest BCUT2D eigenvalue weighted by atomic mass is 9.96. The molecule has 1 saturated carbocycles. The molecule has 170 valence electrons. The fourth-order valence-electron chi connectivity index (χ4n) is 4.28. The van der Waals surface area contributed by atoms with Crippen LogP contribution in [0.5, 0.6) is 0 Å². The second-order valence-electron chi connectivity index (χ2n) is 9.14. The first-order valence-electron chi connectivity index (χ1n) is 11.7. The molecule has 7 nitrogen and oxygen atoms in total. The number of carbonyl (C=O) groups is 3. The molecule has 1 atom stereocenters. The van der Waals surface area contributed by atoms with E-state index in [2.05, 4.69) is 16.0 Å². The van der Waals surface area contributed by atoms with Crippen LogP contribution in [0.4, 0.5) is 16.2 Å². The van der Waals surface area contributed by atoms with Gasteiger partial charge >= 0.3 is 6.03 Å². The number of nitrogens with one attached hydrogen (secondary N) is 3. The lowest BCUT2D eigenvalue weighted by Crippen LogP contribution is -2.48. The van der Waals surface area contributed by atoms with E-state index in [9.17, 15) is 14.4 Å². The molecule has 0 spiro atoms. The van der Waals surface area contributed by atoms with Crippen LogP contribution >= 0.6 is 0 Å². The summed E-state index contributed by atoms with van der Waals surface area (Å²) in [5.41, 5.74) is 1.27. The van der Waals surface area contributed by atoms with Gasteiger partial charge in [-0.15, -0.1) is 0 Å². The molecule has 0 radical (unpaired) electrons. The molecule has 3 rings (SSSR count). The van der Waals surface area contributed by atoms with Gasteiger partial charge in [0.25, 0.3) is 0 Å². The number of benzene rings is 1. The average molecular weight is 429 g/mol. The van der Waals surface area contributed by atoms with Crippen LogP contribution in [0.2, 0.25) is 0 Å². The molecular formula is C24H36N4O3. The predicted molar refractivity (Wildman–Crippen MR) is 123 cm³/mol. The minimum atomic E-state index is -0.209. The molecule has 2 fully saturated rings. The number of likely N-dealkylation sites (tertiary alicyclic amines) is 1. The van der Waals surface area contributed by atoms with Crippen LogP contribution in [0.3, 0.4) is 0 Å². The third-order valence-electron chi connectivity index (χ3n) is 6.19. The highest BCUT2D eigenvalue weighted by Gasteiger charge is 2.29. The van der Waals surface area contributed by atoms with Crippen molar-refractivity contribution in [1.82, 2.24) is 10.2 Å². The highest BCUT2D eigenvalue weighted by Crippen LogP contribution is 2.22. The van der Waals surface area contributed by atoms with Crippen LogP contribution in [0.15, 0.2) is 24.3 Å². The molecule has 1 aromatic rings. The molecule has 1 aliphatic carbocycles. The molecule has 1 heterocycles. The largest absolute Gasteiger partial charge is 0.353 e. The van der Waals surface area contributed by atoms with Crippen molar-refractivity contribution in [1.29, 1.82) is 0 Å². The second kappa shape index (κ2) is 11.2. The zero-order chi connectivity index (χ0) is 22.2.